The highest BCUT2D eigenvalue weighted by Crippen LogP contribution is 2.26. The minimum Gasteiger partial charge on any atom is -0.469 e. The van der Waals surface area contributed by atoms with Crippen LogP contribution in [0.2, 0.25) is 0 Å². The lowest BCUT2D eigenvalue weighted by Gasteiger charge is -2.37. The second kappa shape index (κ2) is 8.60. The van der Waals surface area contributed by atoms with E-state index in [1.165, 1.54) is 12.0 Å². The highest BCUT2D eigenvalue weighted by Gasteiger charge is 2.38. The van der Waals surface area contributed by atoms with E-state index < -0.39 is 35.3 Å². The molecule has 0 aromatic rings. The number of carbonyl (C=O) groups is 3. The fourth-order valence-electron chi connectivity index (χ4n) is 2.68. The summed E-state index contributed by atoms with van der Waals surface area (Å²) in [6, 6.07) is 0. The standard InChI is InChI=1S/C18H32N2O6/c1-17(2,3)25-15(22)19-10-12-8-9-20(11-13(12)14(21)24-7)16(23)26-18(4,5)6/h12-13H,8-11H2,1-7H3,(H,19,22)/t12-,13+/m0/s1. The number of nitrogens with one attached hydrogen (secondary N) is 1. The van der Waals surface area contributed by atoms with Crippen LogP contribution in [-0.4, -0.2) is 61.0 Å². The van der Waals surface area contributed by atoms with Gasteiger partial charge in [0.1, 0.15) is 11.2 Å². The monoisotopic (exact) mass is 372 g/mol. The summed E-state index contributed by atoms with van der Waals surface area (Å²) in [5.41, 5.74) is -1.20. The van der Waals surface area contributed by atoms with Crippen molar-refractivity contribution in [1.29, 1.82) is 0 Å². The molecular weight excluding hydrogens is 340 g/mol. The topological polar surface area (TPSA) is 94.2 Å². The van der Waals surface area contributed by atoms with Crippen LogP contribution >= 0.6 is 0 Å². The quantitative estimate of drug-likeness (QED) is 0.604. The molecule has 0 spiro atoms. The Bertz CT molecular complexity index is 521. The van der Waals surface area contributed by atoms with Crippen LogP contribution in [0.25, 0.3) is 0 Å². The Morgan fingerprint density at radius 1 is 1.04 bits per heavy atom. The van der Waals surface area contributed by atoms with Crippen molar-refractivity contribution in [2.24, 2.45) is 11.8 Å². The number of rotatable bonds is 3. The third-order valence-electron chi connectivity index (χ3n) is 3.82. The minimum absolute atomic E-state index is 0.145. The number of alkyl carbamates (subject to hydrolysis) is 1. The van der Waals surface area contributed by atoms with E-state index in [4.69, 9.17) is 14.2 Å². The van der Waals surface area contributed by atoms with Gasteiger partial charge in [0, 0.05) is 19.6 Å². The van der Waals surface area contributed by atoms with Gasteiger partial charge in [-0.2, -0.15) is 0 Å². The number of hydrogen-bond donors (Lipinski definition) is 1. The lowest BCUT2D eigenvalue weighted by molar-refractivity contribution is -0.149. The van der Waals surface area contributed by atoms with Gasteiger partial charge in [0.2, 0.25) is 0 Å². The molecule has 1 saturated heterocycles. The fourth-order valence-corrected chi connectivity index (χ4v) is 2.68. The van der Waals surface area contributed by atoms with Crippen molar-refractivity contribution in [1.82, 2.24) is 10.2 Å². The lowest BCUT2D eigenvalue weighted by atomic mass is 9.85. The molecule has 1 aliphatic heterocycles. The molecule has 0 aromatic carbocycles. The third-order valence-corrected chi connectivity index (χ3v) is 3.82. The average molecular weight is 372 g/mol. The molecule has 26 heavy (non-hydrogen) atoms. The maximum Gasteiger partial charge on any atom is 0.410 e. The third kappa shape index (κ3) is 7.49. The SMILES string of the molecule is COC(=O)[C@@H]1CN(C(=O)OC(C)(C)C)CC[C@H]1CNC(=O)OC(C)(C)C. The van der Waals surface area contributed by atoms with Gasteiger partial charge >= 0.3 is 18.2 Å². The second-order valence-corrected chi connectivity index (χ2v) is 8.49. The molecule has 1 N–H and O–H groups in total. The number of carbonyl (C=O) groups excluding carboxylic acids is 3. The van der Waals surface area contributed by atoms with Crippen LogP contribution in [0.15, 0.2) is 0 Å². The molecule has 0 aromatic heterocycles. The molecule has 0 saturated carbocycles. The summed E-state index contributed by atoms with van der Waals surface area (Å²) in [5.74, 6) is -1.08. The molecule has 8 nitrogen and oxygen atoms in total. The Kier molecular flexibility index (Phi) is 7.29. The first-order chi connectivity index (χ1) is 11.8. The number of nitrogens with zero attached hydrogens (tertiary/aromatic N) is 1. The van der Waals surface area contributed by atoms with Crippen LogP contribution in [0.1, 0.15) is 48.0 Å². The summed E-state index contributed by atoms with van der Waals surface area (Å²) in [4.78, 5) is 37.8. The van der Waals surface area contributed by atoms with E-state index in [0.29, 0.717) is 13.0 Å². The number of amides is 2. The number of likely N-dealkylation sites (tertiary alicyclic amines) is 1. The molecule has 8 heteroatoms. The first-order valence-corrected chi connectivity index (χ1v) is 8.85. The van der Waals surface area contributed by atoms with Gasteiger partial charge in [0.25, 0.3) is 0 Å². The molecule has 1 heterocycles. The lowest BCUT2D eigenvalue weighted by Crippen LogP contribution is -2.51. The van der Waals surface area contributed by atoms with E-state index in [1.54, 1.807) is 41.5 Å². The van der Waals surface area contributed by atoms with E-state index >= 15 is 0 Å². The van der Waals surface area contributed by atoms with E-state index in [1.807, 2.05) is 0 Å². The highest BCUT2D eigenvalue weighted by molar-refractivity contribution is 5.75. The summed E-state index contributed by atoms with van der Waals surface area (Å²) in [6.07, 6.45) is -0.435. The molecule has 0 aliphatic carbocycles. The van der Waals surface area contributed by atoms with Crippen molar-refractivity contribution in [3.8, 4) is 0 Å². The Balaban J connectivity index is 2.69. The highest BCUT2D eigenvalue weighted by atomic mass is 16.6. The van der Waals surface area contributed by atoms with Crippen molar-refractivity contribution in [2.45, 2.75) is 59.2 Å². The molecule has 0 unspecified atom stereocenters. The summed E-state index contributed by atoms with van der Waals surface area (Å²) in [5, 5.41) is 2.70. The van der Waals surface area contributed by atoms with Crippen LogP contribution in [0.4, 0.5) is 9.59 Å². The molecule has 2 amide bonds. The van der Waals surface area contributed by atoms with E-state index in [-0.39, 0.29) is 19.0 Å². The summed E-state index contributed by atoms with van der Waals surface area (Å²) in [7, 11) is 1.31. The predicted octanol–water partition coefficient (Wildman–Crippen LogP) is 2.56. The molecule has 1 fully saturated rings. The van der Waals surface area contributed by atoms with E-state index in [2.05, 4.69) is 5.32 Å². The maximum absolute atomic E-state index is 12.3. The maximum atomic E-state index is 12.3. The summed E-state index contributed by atoms with van der Waals surface area (Å²) >= 11 is 0. The largest absolute Gasteiger partial charge is 0.469 e. The van der Waals surface area contributed by atoms with Crippen molar-refractivity contribution in [3.05, 3.63) is 0 Å². The van der Waals surface area contributed by atoms with E-state index in [0.717, 1.165) is 0 Å². The van der Waals surface area contributed by atoms with Gasteiger partial charge in [-0.25, -0.2) is 9.59 Å². The first-order valence-electron chi connectivity index (χ1n) is 8.85. The Hall–Kier alpha value is -1.99. The zero-order valence-corrected chi connectivity index (χ0v) is 16.9. The molecule has 0 bridgehead atoms. The normalized spacial score (nSPS) is 21.0. The molecule has 150 valence electrons. The first kappa shape index (κ1) is 22.1. The number of hydrogen-bond acceptors (Lipinski definition) is 6. The smallest absolute Gasteiger partial charge is 0.410 e. The van der Waals surface area contributed by atoms with E-state index in [9.17, 15) is 14.4 Å². The molecular formula is C18H32N2O6. The molecule has 1 aliphatic rings. The van der Waals surface area contributed by atoms with Crippen LogP contribution in [0, 0.1) is 11.8 Å². The summed E-state index contributed by atoms with van der Waals surface area (Å²) < 4.78 is 15.5. The zero-order chi connectivity index (χ0) is 20.1. The van der Waals surface area contributed by atoms with Gasteiger partial charge in [0.15, 0.2) is 0 Å². The Morgan fingerprint density at radius 3 is 2.12 bits per heavy atom. The van der Waals surface area contributed by atoms with Crippen molar-refractivity contribution in [2.75, 3.05) is 26.7 Å². The van der Waals surface area contributed by atoms with Gasteiger partial charge in [-0.05, 0) is 53.9 Å². The number of piperidine rings is 1. The Labute approximate surface area is 155 Å². The van der Waals surface area contributed by atoms with Crippen molar-refractivity contribution in [3.63, 3.8) is 0 Å². The van der Waals surface area contributed by atoms with Crippen LogP contribution in [0.5, 0.6) is 0 Å². The predicted molar refractivity (Wildman–Crippen MR) is 95.7 cm³/mol. The molecule has 1 rings (SSSR count). The van der Waals surface area contributed by atoms with Crippen molar-refractivity contribution < 1.29 is 28.6 Å². The molecule has 2 atom stereocenters. The minimum atomic E-state index is -0.604. The van der Waals surface area contributed by atoms with Gasteiger partial charge < -0.3 is 24.4 Å². The van der Waals surface area contributed by atoms with Crippen LogP contribution < -0.4 is 5.32 Å². The number of ether oxygens (including phenoxy) is 3. The van der Waals surface area contributed by atoms with Crippen LogP contribution in [0.3, 0.4) is 0 Å². The molecule has 0 radical (unpaired) electrons. The van der Waals surface area contributed by atoms with Crippen LogP contribution in [-0.2, 0) is 19.0 Å². The number of esters is 1. The van der Waals surface area contributed by atoms with Gasteiger partial charge in [-0.15, -0.1) is 0 Å². The number of methoxy groups -OCH3 is 1. The van der Waals surface area contributed by atoms with Crippen molar-refractivity contribution >= 4 is 18.2 Å². The second-order valence-electron chi connectivity index (χ2n) is 8.49. The van der Waals surface area contributed by atoms with Gasteiger partial charge in [-0.1, -0.05) is 0 Å². The summed E-state index contributed by atoms with van der Waals surface area (Å²) in [6.45, 7) is 11.6. The Morgan fingerprint density at radius 2 is 1.62 bits per heavy atom. The zero-order valence-electron chi connectivity index (χ0n) is 16.9. The fraction of sp³-hybridized carbons (Fsp3) is 0.833. The average Bonchev–Trinajstić information content (AvgIpc) is 2.48. The van der Waals surface area contributed by atoms with Gasteiger partial charge in [-0.3, -0.25) is 4.79 Å². The van der Waals surface area contributed by atoms with Gasteiger partial charge in [0.05, 0.1) is 13.0 Å².